The molecule has 94 valence electrons. The molecule has 0 spiro atoms. The van der Waals surface area contributed by atoms with E-state index >= 15 is 0 Å². The third-order valence-corrected chi connectivity index (χ3v) is 3.34. The lowest BCUT2D eigenvalue weighted by Gasteiger charge is -2.07. The van der Waals surface area contributed by atoms with Crippen molar-refractivity contribution < 1.29 is 0 Å². The number of guanidine groups is 1. The Morgan fingerprint density at radius 2 is 2.00 bits per heavy atom. The average Bonchev–Trinajstić information content (AvgIpc) is 2.77. The molecule has 0 saturated carbocycles. The first-order chi connectivity index (χ1) is 8.63. The van der Waals surface area contributed by atoms with Gasteiger partial charge in [-0.1, -0.05) is 12.1 Å². The number of anilines is 1. The van der Waals surface area contributed by atoms with Crippen LogP contribution in [0.15, 0.2) is 40.7 Å². The normalized spacial score (nSPS) is 11.6. The van der Waals surface area contributed by atoms with Crippen molar-refractivity contribution >= 4 is 23.0 Å². The van der Waals surface area contributed by atoms with Gasteiger partial charge in [0, 0.05) is 10.6 Å². The molecule has 0 aliphatic rings. The molecule has 0 atom stereocenters. The Hall–Kier alpha value is -1.81. The zero-order valence-corrected chi connectivity index (χ0v) is 11.4. The van der Waals surface area contributed by atoms with Gasteiger partial charge in [0.25, 0.3) is 0 Å². The maximum atomic E-state index is 5.87. The molecule has 1 aromatic carbocycles. The van der Waals surface area contributed by atoms with E-state index in [-0.39, 0.29) is 0 Å². The highest BCUT2D eigenvalue weighted by molar-refractivity contribution is 7.09. The molecule has 0 bridgehead atoms. The molecule has 1 heterocycles. The number of benzene rings is 1. The minimum absolute atomic E-state index is 0.452. The summed E-state index contributed by atoms with van der Waals surface area (Å²) in [7, 11) is 0. The standard InChI is InChI=1S/C14H17N3S/c1-10-6-11(2)8-12(7-10)17-14(15)16-9-13-4-3-5-18-13/h3-8H,9H2,1-2H3,(H3,15,16,17). The topological polar surface area (TPSA) is 50.4 Å². The van der Waals surface area contributed by atoms with Crippen LogP contribution in [0.2, 0.25) is 0 Å². The van der Waals surface area contributed by atoms with Crippen LogP contribution in [0.4, 0.5) is 5.69 Å². The van der Waals surface area contributed by atoms with Crippen LogP contribution in [0.25, 0.3) is 0 Å². The van der Waals surface area contributed by atoms with Crippen molar-refractivity contribution in [2.24, 2.45) is 10.7 Å². The van der Waals surface area contributed by atoms with Gasteiger partial charge in [-0.2, -0.15) is 0 Å². The van der Waals surface area contributed by atoms with E-state index in [0.717, 1.165) is 5.69 Å². The number of nitrogens with zero attached hydrogens (tertiary/aromatic N) is 1. The average molecular weight is 259 g/mol. The van der Waals surface area contributed by atoms with Crippen LogP contribution in [0.1, 0.15) is 16.0 Å². The molecule has 1 aromatic heterocycles. The van der Waals surface area contributed by atoms with E-state index in [1.165, 1.54) is 16.0 Å². The van der Waals surface area contributed by atoms with Crippen LogP contribution in [0.5, 0.6) is 0 Å². The molecular weight excluding hydrogens is 242 g/mol. The van der Waals surface area contributed by atoms with Crippen molar-refractivity contribution in [1.82, 2.24) is 0 Å². The predicted octanol–water partition coefficient (Wildman–Crippen LogP) is 3.29. The number of hydrogen-bond donors (Lipinski definition) is 2. The quantitative estimate of drug-likeness (QED) is 0.656. The Bertz CT molecular complexity index is 524. The highest BCUT2D eigenvalue weighted by Crippen LogP contribution is 2.14. The molecule has 2 rings (SSSR count). The molecule has 0 fully saturated rings. The Kier molecular flexibility index (Phi) is 3.99. The molecule has 2 aromatic rings. The lowest BCUT2D eigenvalue weighted by molar-refractivity contribution is 1.09. The number of aryl methyl sites for hydroxylation is 2. The molecule has 4 heteroatoms. The van der Waals surface area contributed by atoms with Crippen molar-refractivity contribution in [3.05, 3.63) is 51.7 Å². The third kappa shape index (κ3) is 3.60. The molecule has 3 nitrogen and oxygen atoms in total. The van der Waals surface area contributed by atoms with Gasteiger partial charge in [-0.05, 0) is 48.6 Å². The van der Waals surface area contributed by atoms with Gasteiger partial charge in [0.2, 0.25) is 0 Å². The van der Waals surface area contributed by atoms with Crippen molar-refractivity contribution in [3.63, 3.8) is 0 Å². The van der Waals surface area contributed by atoms with Crippen LogP contribution < -0.4 is 11.1 Å². The zero-order chi connectivity index (χ0) is 13.0. The Labute approximate surface area is 111 Å². The van der Waals surface area contributed by atoms with Gasteiger partial charge in [-0.15, -0.1) is 11.3 Å². The fraction of sp³-hybridized carbons (Fsp3) is 0.214. The molecule has 0 radical (unpaired) electrons. The van der Waals surface area contributed by atoms with Crippen LogP contribution in [-0.4, -0.2) is 5.96 Å². The molecule has 0 unspecified atom stereocenters. The van der Waals surface area contributed by atoms with Gasteiger partial charge in [0.15, 0.2) is 5.96 Å². The summed E-state index contributed by atoms with van der Waals surface area (Å²) < 4.78 is 0. The smallest absolute Gasteiger partial charge is 0.193 e. The predicted molar refractivity (Wildman–Crippen MR) is 79.2 cm³/mol. The summed E-state index contributed by atoms with van der Waals surface area (Å²) in [5, 5.41) is 5.16. The van der Waals surface area contributed by atoms with E-state index in [0.29, 0.717) is 12.5 Å². The number of nitrogens with one attached hydrogen (secondary N) is 1. The summed E-state index contributed by atoms with van der Waals surface area (Å²) in [6.45, 7) is 4.76. The fourth-order valence-electron chi connectivity index (χ4n) is 1.80. The minimum Gasteiger partial charge on any atom is -0.370 e. The number of aliphatic imine (C=N–C) groups is 1. The maximum Gasteiger partial charge on any atom is 0.193 e. The second-order valence-electron chi connectivity index (χ2n) is 4.28. The first-order valence-electron chi connectivity index (χ1n) is 5.81. The first-order valence-corrected chi connectivity index (χ1v) is 6.69. The largest absolute Gasteiger partial charge is 0.370 e. The second kappa shape index (κ2) is 5.69. The SMILES string of the molecule is Cc1cc(C)cc(NC(N)=NCc2cccs2)c1. The van der Waals surface area contributed by atoms with Gasteiger partial charge in [-0.3, -0.25) is 0 Å². The van der Waals surface area contributed by atoms with E-state index in [9.17, 15) is 0 Å². The highest BCUT2D eigenvalue weighted by Gasteiger charge is 1.98. The highest BCUT2D eigenvalue weighted by atomic mass is 32.1. The van der Waals surface area contributed by atoms with Gasteiger partial charge in [-0.25, -0.2) is 4.99 Å². The first kappa shape index (κ1) is 12.6. The Balaban J connectivity index is 2.02. The summed E-state index contributed by atoms with van der Waals surface area (Å²) in [5.41, 5.74) is 9.28. The van der Waals surface area contributed by atoms with E-state index in [2.05, 4.69) is 48.4 Å². The summed E-state index contributed by atoms with van der Waals surface area (Å²) in [6.07, 6.45) is 0. The number of nitrogens with two attached hydrogens (primary N) is 1. The fourth-order valence-corrected chi connectivity index (χ4v) is 2.43. The number of rotatable bonds is 3. The number of hydrogen-bond acceptors (Lipinski definition) is 2. The lowest BCUT2D eigenvalue weighted by Crippen LogP contribution is -2.22. The molecule has 0 aliphatic heterocycles. The molecular formula is C14H17N3S. The van der Waals surface area contributed by atoms with Crippen molar-refractivity contribution in [2.45, 2.75) is 20.4 Å². The van der Waals surface area contributed by atoms with Gasteiger partial charge < -0.3 is 11.1 Å². The Morgan fingerprint density at radius 1 is 1.28 bits per heavy atom. The summed E-state index contributed by atoms with van der Waals surface area (Å²) in [4.78, 5) is 5.52. The second-order valence-corrected chi connectivity index (χ2v) is 5.31. The van der Waals surface area contributed by atoms with Gasteiger partial charge in [0.1, 0.15) is 0 Å². The number of thiophene rings is 1. The van der Waals surface area contributed by atoms with Crippen LogP contribution in [-0.2, 0) is 6.54 Å². The van der Waals surface area contributed by atoms with Crippen LogP contribution in [0.3, 0.4) is 0 Å². The molecule has 0 aliphatic carbocycles. The molecule has 0 amide bonds. The summed E-state index contributed by atoms with van der Waals surface area (Å²) in [6, 6.07) is 10.3. The van der Waals surface area contributed by atoms with E-state index in [1.807, 2.05) is 11.4 Å². The van der Waals surface area contributed by atoms with Crippen molar-refractivity contribution in [3.8, 4) is 0 Å². The molecule has 0 saturated heterocycles. The van der Waals surface area contributed by atoms with Gasteiger partial charge in [0.05, 0.1) is 6.54 Å². The summed E-state index contributed by atoms with van der Waals surface area (Å²) in [5.74, 6) is 0.452. The Morgan fingerprint density at radius 3 is 2.61 bits per heavy atom. The maximum absolute atomic E-state index is 5.87. The van der Waals surface area contributed by atoms with E-state index in [1.54, 1.807) is 11.3 Å². The third-order valence-electron chi connectivity index (χ3n) is 2.48. The summed E-state index contributed by atoms with van der Waals surface area (Å²) >= 11 is 1.69. The molecule has 18 heavy (non-hydrogen) atoms. The van der Waals surface area contributed by atoms with E-state index < -0.39 is 0 Å². The monoisotopic (exact) mass is 259 g/mol. The van der Waals surface area contributed by atoms with E-state index in [4.69, 9.17) is 5.73 Å². The van der Waals surface area contributed by atoms with Crippen molar-refractivity contribution in [2.75, 3.05) is 5.32 Å². The lowest BCUT2D eigenvalue weighted by atomic mass is 10.1. The van der Waals surface area contributed by atoms with Crippen LogP contribution >= 0.6 is 11.3 Å². The molecule has 3 N–H and O–H groups in total. The zero-order valence-electron chi connectivity index (χ0n) is 10.6. The van der Waals surface area contributed by atoms with Gasteiger partial charge >= 0.3 is 0 Å². The van der Waals surface area contributed by atoms with Crippen LogP contribution in [0, 0.1) is 13.8 Å². The minimum atomic E-state index is 0.452. The van der Waals surface area contributed by atoms with Crippen molar-refractivity contribution in [1.29, 1.82) is 0 Å².